The summed E-state index contributed by atoms with van der Waals surface area (Å²) >= 11 is 0. The summed E-state index contributed by atoms with van der Waals surface area (Å²) in [6, 6.07) is 16.2. The Labute approximate surface area is 159 Å². The maximum atomic E-state index is 12.7. The second-order valence-corrected chi connectivity index (χ2v) is 7.04. The molecule has 0 radical (unpaired) electrons. The van der Waals surface area contributed by atoms with E-state index >= 15 is 0 Å². The summed E-state index contributed by atoms with van der Waals surface area (Å²) in [5.41, 5.74) is 2.68. The van der Waals surface area contributed by atoms with Crippen LogP contribution in [-0.4, -0.2) is 34.0 Å². The summed E-state index contributed by atoms with van der Waals surface area (Å²) in [6.45, 7) is 5.94. The third-order valence-electron chi connectivity index (χ3n) is 4.75. The number of ether oxygens (including phenoxy) is 1. The smallest absolute Gasteiger partial charge is 0.247 e. The fraction of sp³-hybridized carbons (Fsp3) is 0.364. The molecule has 1 heterocycles. The molecule has 5 nitrogen and oxygen atoms in total. The van der Waals surface area contributed by atoms with Gasteiger partial charge in [-0.05, 0) is 48.2 Å². The first kappa shape index (κ1) is 19.3. The zero-order valence-electron chi connectivity index (χ0n) is 16.1. The number of carbonyl (C=O) groups excluding carboxylic acids is 1. The highest BCUT2D eigenvalue weighted by Crippen LogP contribution is 2.31. The van der Waals surface area contributed by atoms with E-state index in [0.717, 1.165) is 27.7 Å². The predicted octanol–water partition coefficient (Wildman–Crippen LogP) is 4.07. The van der Waals surface area contributed by atoms with E-state index in [1.54, 1.807) is 0 Å². The van der Waals surface area contributed by atoms with Crippen LogP contribution in [0.15, 0.2) is 48.5 Å². The number of carbonyl (C=O) groups is 1. The minimum absolute atomic E-state index is 0.0495. The van der Waals surface area contributed by atoms with Crippen molar-refractivity contribution in [2.24, 2.45) is 5.92 Å². The number of aryl methyl sites for hydroxylation is 2. The Balaban J connectivity index is 1.84. The molecular formula is C22H26N2O3. The molecule has 0 saturated heterocycles. The first-order valence-corrected chi connectivity index (χ1v) is 9.27. The normalized spacial score (nSPS) is 13.6. The largest absolute Gasteiger partial charge is 0.394 e. The standard InChI is InChI=1S/C22H26N2O3/c1-15(12-21(26)24-17(3)13-16(2)23-24)22(27-11-10-25)20-9-8-18-6-4-5-7-19(18)14-20/h4-9,13-15,22,25H,10-12H2,1-3H3. The van der Waals surface area contributed by atoms with Gasteiger partial charge in [0.25, 0.3) is 0 Å². The number of aliphatic hydroxyl groups excluding tert-OH is 1. The average molecular weight is 366 g/mol. The maximum absolute atomic E-state index is 12.7. The van der Waals surface area contributed by atoms with E-state index in [9.17, 15) is 9.90 Å². The van der Waals surface area contributed by atoms with Gasteiger partial charge < -0.3 is 9.84 Å². The van der Waals surface area contributed by atoms with Crippen LogP contribution in [0, 0.1) is 19.8 Å². The van der Waals surface area contributed by atoms with Crippen LogP contribution in [0.1, 0.15) is 41.2 Å². The van der Waals surface area contributed by atoms with Crippen LogP contribution in [0.25, 0.3) is 10.8 Å². The molecule has 0 bridgehead atoms. The van der Waals surface area contributed by atoms with Crippen molar-refractivity contribution in [3.63, 3.8) is 0 Å². The van der Waals surface area contributed by atoms with Crippen LogP contribution in [0.2, 0.25) is 0 Å². The number of benzene rings is 2. The van der Waals surface area contributed by atoms with Gasteiger partial charge >= 0.3 is 0 Å². The first-order valence-electron chi connectivity index (χ1n) is 9.27. The number of rotatable bonds is 7. The third-order valence-corrected chi connectivity index (χ3v) is 4.75. The Bertz CT molecular complexity index is 932. The van der Waals surface area contributed by atoms with Gasteiger partial charge in [-0.25, -0.2) is 4.68 Å². The zero-order valence-corrected chi connectivity index (χ0v) is 16.1. The molecule has 27 heavy (non-hydrogen) atoms. The molecule has 2 aromatic carbocycles. The molecule has 0 aliphatic rings. The van der Waals surface area contributed by atoms with Crippen LogP contribution in [-0.2, 0) is 4.74 Å². The number of aromatic nitrogens is 2. The highest BCUT2D eigenvalue weighted by molar-refractivity contribution is 5.83. The van der Waals surface area contributed by atoms with E-state index in [1.165, 1.54) is 4.68 Å². The van der Waals surface area contributed by atoms with E-state index in [4.69, 9.17) is 4.74 Å². The molecule has 142 valence electrons. The van der Waals surface area contributed by atoms with Gasteiger partial charge in [-0.1, -0.05) is 43.3 Å². The molecule has 1 N–H and O–H groups in total. The second-order valence-electron chi connectivity index (χ2n) is 7.04. The van der Waals surface area contributed by atoms with Crippen molar-refractivity contribution in [3.8, 4) is 0 Å². The minimum atomic E-state index is -0.275. The van der Waals surface area contributed by atoms with E-state index in [2.05, 4.69) is 29.4 Å². The van der Waals surface area contributed by atoms with Crippen molar-refractivity contribution >= 4 is 16.7 Å². The van der Waals surface area contributed by atoms with Crippen LogP contribution in [0.4, 0.5) is 0 Å². The van der Waals surface area contributed by atoms with E-state index in [0.29, 0.717) is 6.42 Å². The van der Waals surface area contributed by atoms with Crippen molar-refractivity contribution in [3.05, 3.63) is 65.5 Å². The molecule has 0 spiro atoms. The van der Waals surface area contributed by atoms with Crippen LogP contribution >= 0.6 is 0 Å². The number of aliphatic hydroxyl groups is 1. The Morgan fingerprint density at radius 3 is 2.56 bits per heavy atom. The number of hydrogen-bond acceptors (Lipinski definition) is 4. The lowest BCUT2D eigenvalue weighted by Gasteiger charge is -2.24. The third kappa shape index (κ3) is 4.43. The van der Waals surface area contributed by atoms with Crippen molar-refractivity contribution in [2.75, 3.05) is 13.2 Å². The lowest BCUT2D eigenvalue weighted by molar-refractivity contribution is -0.00454. The van der Waals surface area contributed by atoms with E-state index in [1.807, 2.05) is 45.0 Å². The van der Waals surface area contributed by atoms with Gasteiger partial charge in [-0.15, -0.1) is 0 Å². The molecule has 5 heteroatoms. The summed E-state index contributed by atoms with van der Waals surface area (Å²) < 4.78 is 7.40. The van der Waals surface area contributed by atoms with E-state index < -0.39 is 0 Å². The summed E-state index contributed by atoms with van der Waals surface area (Å²) in [5, 5.41) is 15.8. The lowest BCUT2D eigenvalue weighted by Crippen LogP contribution is -2.22. The SMILES string of the molecule is Cc1cc(C)n(C(=O)CC(C)C(OCCO)c2ccc3ccccc3c2)n1. The van der Waals surface area contributed by atoms with Gasteiger partial charge in [0, 0.05) is 12.1 Å². The highest BCUT2D eigenvalue weighted by atomic mass is 16.5. The van der Waals surface area contributed by atoms with Crippen molar-refractivity contribution in [1.29, 1.82) is 0 Å². The van der Waals surface area contributed by atoms with Gasteiger partial charge in [0.1, 0.15) is 0 Å². The molecule has 0 fully saturated rings. The molecule has 0 aliphatic carbocycles. The second kappa shape index (κ2) is 8.46. The van der Waals surface area contributed by atoms with Crippen LogP contribution in [0.3, 0.4) is 0 Å². The first-order chi connectivity index (χ1) is 13.0. The molecule has 0 saturated carbocycles. The van der Waals surface area contributed by atoms with Crippen LogP contribution < -0.4 is 0 Å². The van der Waals surface area contributed by atoms with Crippen molar-refractivity contribution < 1.29 is 14.6 Å². The van der Waals surface area contributed by atoms with Gasteiger partial charge in [0.15, 0.2) is 0 Å². The summed E-state index contributed by atoms with van der Waals surface area (Å²) in [4.78, 5) is 12.7. The van der Waals surface area contributed by atoms with Gasteiger partial charge in [-0.2, -0.15) is 5.10 Å². The Morgan fingerprint density at radius 1 is 1.15 bits per heavy atom. The molecule has 0 aliphatic heterocycles. The lowest BCUT2D eigenvalue weighted by atomic mass is 9.92. The van der Waals surface area contributed by atoms with Crippen molar-refractivity contribution in [2.45, 2.75) is 33.3 Å². The molecule has 3 aromatic rings. The Kier molecular flexibility index (Phi) is 6.04. The summed E-state index contributed by atoms with van der Waals surface area (Å²) in [6.07, 6.45) is 0.0351. The fourth-order valence-electron chi connectivity index (χ4n) is 3.50. The average Bonchev–Trinajstić information content (AvgIpc) is 3.00. The quantitative estimate of drug-likeness (QED) is 0.685. The summed E-state index contributed by atoms with van der Waals surface area (Å²) in [7, 11) is 0. The molecule has 2 unspecified atom stereocenters. The minimum Gasteiger partial charge on any atom is -0.394 e. The zero-order chi connectivity index (χ0) is 19.4. The topological polar surface area (TPSA) is 64.3 Å². The number of nitrogens with zero attached hydrogens (tertiary/aromatic N) is 2. The Morgan fingerprint density at radius 2 is 1.89 bits per heavy atom. The fourth-order valence-corrected chi connectivity index (χ4v) is 3.50. The summed E-state index contributed by atoms with van der Waals surface area (Å²) in [5.74, 6) is -0.111. The molecule has 1 aromatic heterocycles. The van der Waals surface area contributed by atoms with Gasteiger partial charge in [-0.3, -0.25) is 4.79 Å². The molecular weight excluding hydrogens is 340 g/mol. The van der Waals surface area contributed by atoms with Crippen LogP contribution in [0.5, 0.6) is 0 Å². The molecule has 0 amide bonds. The maximum Gasteiger partial charge on any atom is 0.247 e. The van der Waals surface area contributed by atoms with Gasteiger partial charge in [0.2, 0.25) is 5.91 Å². The van der Waals surface area contributed by atoms with E-state index in [-0.39, 0.29) is 31.1 Å². The highest BCUT2D eigenvalue weighted by Gasteiger charge is 2.24. The molecule has 3 rings (SSSR count). The number of fused-ring (bicyclic) bond motifs is 1. The molecule has 2 atom stereocenters. The monoisotopic (exact) mass is 366 g/mol. The predicted molar refractivity (Wildman–Crippen MR) is 106 cm³/mol. The van der Waals surface area contributed by atoms with Gasteiger partial charge in [0.05, 0.1) is 25.0 Å². The van der Waals surface area contributed by atoms with Crippen molar-refractivity contribution in [1.82, 2.24) is 9.78 Å². The number of hydrogen-bond donors (Lipinski definition) is 1. The Hall–Kier alpha value is -2.50.